The van der Waals surface area contributed by atoms with Gasteiger partial charge in [-0.15, -0.1) is 0 Å². The van der Waals surface area contributed by atoms with Crippen LogP contribution in [0.15, 0.2) is 18.2 Å². The molecule has 1 heteroatoms. The average molecular weight is 95.1 g/mol. The van der Waals surface area contributed by atoms with Gasteiger partial charge in [0.1, 0.15) is 0 Å². The first-order valence-corrected chi connectivity index (χ1v) is 2.32. The van der Waals surface area contributed by atoms with Crippen LogP contribution in [0.25, 0.3) is 0 Å². The van der Waals surface area contributed by atoms with Gasteiger partial charge in [-0.05, 0) is 18.6 Å². The lowest BCUT2D eigenvalue weighted by Gasteiger charge is -2.01. The summed E-state index contributed by atoms with van der Waals surface area (Å²) in [5.41, 5.74) is 0. The summed E-state index contributed by atoms with van der Waals surface area (Å²) < 4.78 is 0. The second kappa shape index (κ2) is 1.94. The third-order valence-electron chi connectivity index (χ3n) is 0.880. The second-order valence-electron chi connectivity index (χ2n) is 1.54. The normalized spacial score (nSPS) is 28.4. The molecule has 0 aliphatic heterocycles. The summed E-state index contributed by atoms with van der Waals surface area (Å²) in [4.78, 5) is 0. The summed E-state index contributed by atoms with van der Waals surface area (Å²) in [6.07, 6.45) is 8.59. The van der Waals surface area contributed by atoms with E-state index in [1.54, 1.807) is 6.08 Å². The minimum atomic E-state index is -0.287. The molecule has 1 atom stereocenters. The molecule has 0 aromatic heterocycles. The van der Waals surface area contributed by atoms with Crippen LogP contribution in [-0.2, 0) is 0 Å². The molecule has 1 aliphatic carbocycles. The highest BCUT2D eigenvalue weighted by Crippen LogP contribution is 1.99. The highest BCUT2D eigenvalue weighted by atomic mass is 16.3. The van der Waals surface area contributed by atoms with Crippen LogP contribution >= 0.6 is 0 Å². The fourth-order valence-electron chi connectivity index (χ4n) is 0.510. The number of hydrogen-bond donors (Lipinski definition) is 1. The molecule has 0 spiro atoms. The van der Waals surface area contributed by atoms with Crippen molar-refractivity contribution in [3.8, 4) is 0 Å². The molecule has 37 valence electrons. The van der Waals surface area contributed by atoms with Gasteiger partial charge in [-0.2, -0.15) is 0 Å². The van der Waals surface area contributed by atoms with Crippen molar-refractivity contribution in [3.63, 3.8) is 0 Å². The maximum Gasteiger partial charge on any atom is 0.0764 e. The van der Waals surface area contributed by atoms with E-state index < -0.39 is 0 Å². The van der Waals surface area contributed by atoms with Gasteiger partial charge in [0.05, 0.1) is 6.10 Å². The summed E-state index contributed by atoms with van der Waals surface area (Å²) in [5.74, 6) is 0. The Hall–Kier alpha value is -0.560. The van der Waals surface area contributed by atoms with E-state index in [9.17, 15) is 0 Å². The van der Waals surface area contributed by atoms with E-state index >= 15 is 0 Å². The van der Waals surface area contributed by atoms with Gasteiger partial charge in [0, 0.05) is 0 Å². The predicted molar refractivity (Wildman–Crippen MR) is 27.6 cm³/mol. The number of aliphatic hydroxyl groups excluding tert-OH is 1. The van der Waals surface area contributed by atoms with Crippen molar-refractivity contribution in [1.82, 2.24) is 0 Å². The third-order valence-corrected chi connectivity index (χ3v) is 0.880. The smallest absolute Gasteiger partial charge is 0.0764 e. The Morgan fingerprint density at radius 2 is 2.57 bits per heavy atom. The van der Waals surface area contributed by atoms with Crippen molar-refractivity contribution in [2.45, 2.75) is 12.5 Å². The average Bonchev–Trinajstić information content (AvgIpc) is 1.69. The molecule has 1 N–H and O–H groups in total. The van der Waals surface area contributed by atoms with Gasteiger partial charge in [0.15, 0.2) is 0 Å². The Balaban J connectivity index is 2.49. The minimum absolute atomic E-state index is 0.287. The number of aliphatic hydroxyl groups is 1. The zero-order valence-electron chi connectivity index (χ0n) is 3.96. The SMILES string of the molecule is OC1C=[C]C=CC1. The first-order valence-electron chi connectivity index (χ1n) is 2.32. The fourth-order valence-corrected chi connectivity index (χ4v) is 0.510. The van der Waals surface area contributed by atoms with E-state index in [1.165, 1.54) is 0 Å². The van der Waals surface area contributed by atoms with Crippen LogP contribution in [0.3, 0.4) is 0 Å². The Bertz CT molecular complexity index is 103. The topological polar surface area (TPSA) is 20.2 Å². The zero-order chi connectivity index (χ0) is 5.11. The van der Waals surface area contributed by atoms with Crippen molar-refractivity contribution in [3.05, 3.63) is 24.3 Å². The number of allylic oxidation sites excluding steroid dienone is 2. The quantitative estimate of drug-likeness (QED) is 0.468. The van der Waals surface area contributed by atoms with Gasteiger partial charge >= 0.3 is 0 Å². The summed E-state index contributed by atoms with van der Waals surface area (Å²) in [6.45, 7) is 0. The molecule has 0 heterocycles. The fraction of sp³-hybridized carbons (Fsp3) is 0.333. The molecule has 1 radical (unpaired) electrons. The number of hydrogen-bond acceptors (Lipinski definition) is 1. The molecule has 0 saturated heterocycles. The number of rotatable bonds is 0. The summed E-state index contributed by atoms with van der Waals surface area (Å²) in [6, 6.07) is 0. The summed E-state index contributed by atoms with van der Waals surface area (Å²) >= 11 is 0. The monoisotopic (exact) mass is 95.0 g/mol. The Kier molecular flexibility index (Phi) is 1.27. The van der Waals surface area contributed by atoms with Gasteiger partial charge in [-0.3, -0.25) is 0 Å². The standard InChI is InChI=1S/C6H7O/c7-6-4-2-1-3-5-6/h1-2,5-7H,4H2. The Morgan fingerprint density at radius 3 is 2.86 bits per heavy atom. The van der Waals surface area contributed by atoms with Crippen LogP contribution in [-0.4, -0.2) is 11.2 Å². The van der Waals surface area contributed by atoms with E-state index in [1.807, 2.05) is 12.2 Å². The van der Waals surface area contributed by atoms with Crippen molar-refractivity contribution in [1.29, 1.82) is 0 Å². The third kappa shape index (κ3) is 1.16. The van der Waals surface area contributed by atoms with Crippen LogP contribution in [0, 0.1) is 6.08 Å². The highest BCUT2D eigenvalue weighted by Gasteiger charge is 1.95. The van der Waals surface area contributed by atoms with Crippen LogP contribution < -0.4 is 0 Å². The van der Waals surface area contributed by atoms with Gasteiger partial charge in [0.2, 0.25) is 0 Å². The lowest BCUT2D eigenvalue weighted by atomic mass is 10.1. The van der Waals surface area contributed by atoms with E-state index in [4.69, 9.17) is 5.11 Å². The summed E-state index contributed by atoms with van der Waals surface area (Å²) in [5, 5.41) is 8.74. The van der Waals surface area contributed by atoms with E-state index in [0.29, 0.717) is 0 Å². The molecule has 0 fully saturated rings. The molecule has 7 heavy (non-hydrogen) atoms. The van der Waals surface area contributed by atoms with E-state index in [0.717, 1.165) is 6.42 Å². The minimum Gasteiger partial charge on any atom is -0.389 e. The maximum absolute atomic E-state index is 8.74. The van der Waals surface area contributed by atoms with Crippen LogP contribution in [0.2, 0.25) is 0 Å². The van der Waals surface area contributed by atoms with Gasteiger partial charge < -0.3 is 5.11 Å². The van der Waals surface area contributed by atoms with Gasteiger partial charge in [-0.25, -0.2) is 0 Å². The van der Waals surface area contributed by atoms with Crippen molar-refractivity contribution >= 4 is 0 Å². The van der Waals surface area contributed by atoms with E-state index in [2.05, 4.69) is 6.08 Å². The second-order valence-corrected chi connectivity index (χ2v) is 1.54. The predicted octanol–water partition coefficient (Wildman–Crippen LogP) is 0.667. The van der Waals surface area contributed by atoms with Gasteiger partial charge in [-0.1, -0.05) is 12.2 Å². The molecule has 1 aliphatic rings. The van der Waals surface area contributed by atoms with Crippen LogP contribution in [0.4, 0.5) is 0 Å². The molecular formula is C6H7O. The lowest BCUT2D eigenvalue weighted by Crippen LogP contribution is -2.00. The highest BCUT2D eigenvalue weighted by molar-refractivity contribution is 5.05. The van der Waals surface area contributed by atoms with E-state index in [-0.39, 0.29) is 6.10 Å². The first-order chi connectivity index (χ1) is 3.39. The molecule has 0 aromatic carbocycles. The molecule has 1 unspecified atom stereocenters. The molecule has 0 saturated carbocycles. The van der Waals surface area contributed by atoms with Crippen molar-refractivity contribution in [2.75, 3.05) is 0 Å². The Labute approximate surface area is 43.0 Å². The first kappa shape index (κ1) is 4.60. The molecular weight excluding hydrogens is 88.1 g/mol. The molecule has 0 amide bonds. The van der Waals surface area contributed by atoms with Gasteiger partial charge in [0.25, 0.3) is 0 Å². The zero-order valence-corrected chi connectivity index (χ0v) is 3.96. The molecule has 1 nitrogen and oxygen atoms in total. The molecule has 0 bridgehead atoms. The lowest BCUT2D eigenvalue weighted by molar-refractivity contribution is 0.225. The van der Waals surface area contributed by atoms with Crippen molar-refractivity contribution < 1.29 is 5.11 Å². The largest absolute Gasteiger partial charge is 0.389 e. The van der Waals surface area contributed by atoms with Crippen LogP contribution in [0.1, 0.15) is 6.42 Å². The van der Waals surface area contributed by atoms with Crippen LogP contribution in [0.5, 0.6) is 0 Å². The Morgan fingerprint density at radius 1 is 1.71 bits per heavy atom. The van der Waals surface area contributed by atoms with Crippen molar-refractivity contribution in [2.24, 2.45) is 0 Å². The molecule has 0 aromatic rings. The maximum atomic E-state index is 8.74. The molecule has 1 rings (SSSR count). The summed E-state index contributed by atoms with van der Waals surface area (Å²) in [7, 11) is 0.